The fraction of sp³-hybridized carbons (Fsp3) is 0.833. The first-order chi connectivity index (χ1) is 8.09. The molecule has 96 valence electrons. The first kappa shape index (κ1) is 12.5. The fourth-order valence-electron chi connectivity index (χ4n) is 2.35. The van der Waals surface area contributed by atoms with Gasteiger partial charge in [-0.1, -0.05) is 31.9 Å². The Labute approximate surface area is 102 Å². The third kappa shape index (κ3) is 2.66. The van der Waals surface area contributed by atoms with Gasteiger partial charge in [0, 0.05) is 0 Å². The zero-order valence-electron chi connectivity index (χ0n) is 10.6. The standard InChI is InChI=1S/C12H22N4O/c1-8(2)12(13)9-7-16(15-14-9)10-5-3-4-6-11(10)17/h7-8,10-12,17H,3-6,13H2,1-2H3. The van der Waals surface area contributed by atoms with Crippen LogP contribution in [0.2, 0.25) is 0 Å². The molecule has 1 aromatic rings. The van der Waals surface area contributed by atoms with Gasteiger partial charge in [-0.05, 0) is 18.8 Å². The van der Waals surface area contributed by atoms with Crippen molar-refractivity contribution in [2.24, 2.45) is 11.7 Å². The van der Waals surface area contributed by atoms with Gasteiger partial charge in [-0.15, -0.1) is 5.10 Å². The maximum Gasteiger partial charge on any atom is 0.0996 e. The van der Waals surface area contributed by atoms with Gasteiger partial charge in [-0.3, -0.25) is 0 Å². The molecule has 0 radical (unpaired) electrons. The second-order valence-electron chi connectivity index (χ2n) is 5.31. The molecule has 3 atom stereocenters. The van der Waals surface area contributed by atoms with E-state index in [2.05, 4.69) is 24.2 Å². The Morgan fingerprint density at radius 3 is 2.76 bits per heavy atom. The van der Waals surface area contributed by atoms with Gasteiger partial charge in [0.05, 0.1) is 30.1 Å². The lowest BCUT2D eigenvalue weighted by atomic mass is 9.93. The highest BCUT2D eigenvalue weighted by Crippen LogP contribution is 2.28. The van der Waals surface area contributed by atoms with Gasteiger partial charge in [0.15, 0.2) is 0 Å². The van der Waals surface area contributed by atoms with E-state index < -0.39 is 0 Å². The average Bonchev–Trinajstić information content (AvgIpc) is 2.77. The van der Waals surface area contributed by atoms with Gasteiger partial charge in [0.25, 0.3) is 0 Å². The third-order valence-corrected chi connectivity index (χ3v) is 3.62. The van der Waals surface area contributed by atoms with E-state index in [9.17, 15) is 5.11 Å². The van der Waals surface area contributed by atoms with Gasteiger partial charge < -0.3 is 10.8 Å². The van der Waals surface area contributed by atoms with Crippen molar-refractivity contribution >= 4 is 0 Å². The number of aromatic nitrogens is 3. The van der Waals surface area contributed by atoms with Crippen LogP contribution in [0, 0.1) is 5.92 Å². The molecule has 0 aliphatic heterocycles. The van der Waals surface area contributed by atoms with Gasteiger partial charge in [-0.2, -0.15) is 0 Å². The minimum atomic E-state index is -0.298. The number of aliphatic hydroxyl groups excluding tert-OH is 1. The van der Waals surface area contributed by atoms with Crippen LogP contribution in [0.15, 0.2) is 6.20 Å². The van der Waals surface area contributed by atoms with E-state index >= 15 is 0 Å². The quantitative estimate of drug-likeness (QED) is 0.834. The van der Waals surface area contributed by atoms with E-state index in [1.165, 1.54) is 0 Å². The largest absolute Gasteiger partial charge is 0.391 e. The molecule has 0 saturated heterocycles. The Morgan fingerprint density at radius 1 is 1.41 bits per heavy atom. The summed E-state index contributed by atoms with van der Waals surface area (Å²) in [7, 11) is 0. The smallest absolute Gasteiger partial charge is 0.0996 e. The zero-order valence-corrected chi connectivity index (χ0v) is 10.6. The molecule has 1 heterocycles. The number of hydrogen-bond acceptors (Lipinski definition) is 4. The molecule has 0 amide bonds. The molecular weight excluding hydrogens is 216 g/mol. The number of rotatable bonds is 3. The summed E-state index contributed by atoms with van der Waals surface area (Å²) in [5.74, 6) is 0.344. The summed E-state index contributed by atoms with van der Waals surface area (Å²) in [4.78, 5) is 0. The molecule has 5 heteroatoms. The molecule has 3 N–H and O–H groups in total. The molecule has 0 bridgehead atoms. The topological polar surface area (TPSA) is 77.0 Å². The summed E-state index contributed by atoms with van der Waals surface area (Å²) in [6, 6.07) is -0.00570. The van der Waals surface area contributed by atoms with Gasteiger partial charge in [0.1, 0.15) is 0 Å². The second-order valence-corrected chi connectivity index (χ2v) is 5.31. The summed E-state index contributed by atoms with van der Waals surface area (Å²) < 4.78 is 1.79. The van der Waals surface area contributed by atoms with Crippen LogP contribution in [0.1, 0.15) is 57.3 Å². The summed E-state index contributed by atoms with van der Waals surface area (Å²) >= 11 is 0. The molecule has 1 aliphatic rings. The first-order valence-electron chi connectivity index (χ1n) is 6.45. The Balaban J connectivity index is 2.12. The molecule has 17 heavy (non-hydrogen) atoms. The molecule has 2 rings (SSSR count). The maximum absolute atomic E-state index is 9.96. The summed E-state index contributed by atoms with van der Waals surface area (Å²) in [5, 5.41) is 18.2. The number of hydrogen-bond donors (Lipinski definition) is 2. The summed E-state index contributed by atoms with van der Waals surface area (Å²) in [6.07, 6.45) is 5.67. The van der Waals surface area contributed by atoms with E-state index in [0.29, 0.717) is 5.92 Å². The summed E-state index contributed by atoms with van der Waals surface area (Å²) in [5.41, 5.74) is 6.85. The molecule has 1 aliphatic carbocycles. The summed E-state index contributed by atoms with van der Waals surface area (Å²) in [6.45, 7) is 4.14. The van der Waals surface area contributed by atoms with Crippen LogP contribution in [0.25, 0.3) is 0 Å². The lowest BCUT2D eigenvalue weighted by Gasteiger charge is -2.27. The fourth-order valence-corrected chi connectivity index (χ4v) is 2.35. The van der Waals surface area contributed by atoms with Crippen molar-refractivity contribution in [3.8, 4) is 0 Å². The molecule has 1 aromatic heterocycles. The predicted molar refractivity (Wildman–Crippen MR) is 65.3 cm³/mol. The molecule has 1 saturated carbocycles. The Kier molecular flexibility index (Phi) is 3.79. The third-order valence-electron chi connectivity index (χ3n) is 3.62. The van der Waals surface area contributed by atoms with Crippen molar-refractivity contribution in [3.63, 3.8) is 0 Å². The van der Waals surface area contributed by atoms with E-state index in [1.54, 1.807) is 4.68 Å². The lowest BCUT2D eigenvalue weighted by molar-refractivity contribution is 0.0685. The molecular formula is C12H22N4O. The second kappa shape index (κ2) is 5.14. The Bertz CT molecular complexity index is 363. The molecule has 0 aromatic carbocycles. The van der Waals surface area contributed by atoms with Gasteiger partial charge in [-0.25, -0.2) is 4.68 Å². The maximum atomic E-state index is 9.96. The SMILES string of the molecule is CC(C)C(N)c1cn(C2CCCCC2O)nn1. The van der Waals surface area contributed by atoms with E-state index in [0.717, 1.165) is 31.4 Å². The highest BCUT2D eigenvalue weighted by Gasteiger charge is 2.26. The minimum absolute atomic E-state index is 0.0735. The Hall–Kier alpha value is -0.940. The molecule has 5 nitrogen and oxygen atoms in total. The number of aliphatic hydroxyl groups is 1. The lowest BCUT2D eigenvalue weighted by Crippen LogP contribution is -2.28. The predicted octanol–water partition coefficient (Wildman–Crippen LogP) is 1.41. The number of nitrogens with zero attached hydrogens (tertiary/aromatic N) is 3. The van der Waals surface area contributed by atoms with Crippen molar-refractivity contribution < 1.29 is 5.11 Å². The van der Waals surface area contributed by atoms with E-state index in [1.807, 2.05) is 6.20 Å². The van der Waals surface area contributed by atoms with Crippen LogP contribution in [0.3, 0.4) is 0 Å². The highest BCUT2D eigenvalue weighted by atomic mass is 16.3. The van der Waals surface area contributed by atoms with Crippen LogP contribution in [0.4, 0.5) is 0 Å². The van der Waals surface area contributed by atoms with Crippen LogP contribution in [-0.2, 0) is 0 Å². The molecule has 1 fully saturated rings. The molecule has 0 spiro atoms. The average molecular weight is 238 g/mol. The molecule has 3 unspecified atom stereocenters. The van der Waals surface area contributed by atoms with Crippen molar-refractivity contribution in [1.82, 2.24) is 15.0 Å². The zero-order chi connectivity index (χ0) is 12.4. The van der Waals surface area contributed by atoms with Crippen LogP contribution < -0.4 is 5.73 Å². The van der Waals surface area contributed by atoms with Gasteiger partial charge >= 0.3 is 0 Å². The monoisotopic (exact) mass is 238 g/mol. The van der Waals surface area contributed by atoms with Crippen molar-refractivity contribution in [1.29, 1.82) is 0 Å². The number of nitrogens with two attached hydrogens (primary N) is 1. The van der Waals surface area contributed by atoms with Crippen LogP contribution in [0.5, 0.6) is 0 Å². The normalized spacial score (nSPS) is 27.4. The van der Waals surface area contributed by atoms with E-state index in [4.69, 9.17) is 5.73 Å². The van der Waals surface area contributed by atoms with Crippen LogP contribution in [-0.4, -0.2) is 26.2 Å². The van der Waals surface area contributed by atoms with Crippen LogP contribution >= 0.6 is 0 Å². The Morgan fingerprint density at radius 2 is 2.12 bits per heavy atom. The first-order valence-corrected chi connectivity index (χ1v) is 6.45. The minimum Gasteiger partial charge on any atom is -0.391 e. The van der Waals surface area contributed by atoms with Crippen molar-refractivity contribution in [2.75, 3.05) is 0 Å². The van der Waals surface area contributed by atoms with E-state index in [-0.39, 0.29) is 18.2 Å². The van der Waals surface area contributed by atoms with Crippen molar-refractivity contribution in [2.45, 2.75) is 57.7 Å². The highest BCUT2D eigenvalue weighted by molar-refractivity contribution is 5.02. The van der Waals surface area contributed by atoms with Crippen molar-refractivity contribution in [3.05, 3.63) is 11.9 Å². The van der Waals surface area contributed by atoms with Gasteiger partial charge in [0.2, 0.25) is 0 Å².